The number of amides is 1. The summed E-state index contributed by atoms with van der Waals surface area (Å²) < 4.78 is 5.41. The normalized spacial score (nSPS) is 24.8. The van der Waals surface area contributed by atoms with Crippen LogP contribution in [0.4, 0.5) is 5.69 Å². The Bertz CT molecular complexity index is 432. The number of nitrogens with one attached hydrogen (secondary N) is 1. The number of benzene rings is 1. The van der Waals surface area contributed by atoms with Gasteiger partial charge in [0.1, 0.15) is 0 Å². The number of carbonyl (C=O) groups excluding carboxylic acids is 1. The summed E-state index contributed by atoms with van der Waals surface area (Å²) in [7, 11) is 0. The molecule has 1 amide bonds. The third-order valence-electron chi connectivity index (χ3n) is 3.25. The minimum Gasteiger partial charge on any atom is -0.378 e. The molecule has 18 heavy (non-hydrogen) atoms. The predicted octanol–water partition coefficient (Wildman–Crippen LogP) is 2.07. The van der Waals surface area contributed by atoms with Crippen molar-refractivity contribution in [3.8, 4) is 0 Å². The first-order valence-corrected chi connectivity index (χ1v) is 6.34. The monoisotopic (exact) mass is 248 g/mol. The molecule has 3 atom stereocenters. The first-order valence-electron chi connectivity index (χ1n) is 6.34. The van der Waals surface area contributed by atoms with Crippen molar-refractivity contribution in [1.29, 1.82) is 0 Å². The summed E-state index contributed by atoms with van der Waals surface area (Å²) in [4.78, 5) is 12.0. The molecule has 1 heterocycles. The standard InChI is InChI=1S/C14H20N2O2/c1-9-6-12(8-18-9)14(17)16-13-5-3-4-11(7-13)10(2)15/h3-5,7,9-10,12H,6,8,15H2,1-2H3,(H,16,17). The minimum atomic E-state index is -0.0426. The molecule has 3 unspecified atom stereocenters. The van der Waals surface area contributed by atoms with E-state index in [9.17, 15) is 4.79 Å². The van der Waals surface area contributed by atoms with E-state index in [1.807, 2.05) is 38.1 Å². The zero-order chi connectivity index (χ0) is 13.1. The summed E-state index contributed by atoms with van der Waals surface area (Å²) >= 11 is 0. The third kappa shape index (κ3) is 3.09. The molecule has 3 N–H and O–H groups in total. The molecule has 1 fully saturated rings. The van der Waals surface area contributed by atoms with Crippen molar-refractivity contribution >= 4 is 11.6 Å². The van der Waals surface area contributed by atoms with Gasteiger partial charge in [-0.1, -0.05) is 12.1 Å². The highest BCUT2D eigenvalue weighted by atomic mass is 16.5. The van der Waals surface area contributed by atoms with Crippen molar-refractivity contribution in [3.05, 3.63) is 29.8 Å². The van der Waals surface area contributed by atoms with Gasteiger partial charge in [-0.3, -0.25) is 4.79 Å². The minimum absolute atomic E-state index is 0.0289. The van der Waals surface area contributed by atoms with Crippen LogP contribution in [0, 0.1) is 5.92 Å². The van der Waals surface area contributed by atoms with Crippen LogP contribution < -0.4 is 11.1 Å². The van der Waals surface area contributed by atoms with Gasteiger partial charge in [0, 0.05) is 11.7 Å². The van der Waals surface area contributed by atoms with Crippen LogP contribution in [-0.4, -0.2) is 18.6 Å². The number of anilines is 1. The average molecular weight is 248 g/mol. The zero-order valence-electron chi connectivity index (χ0n) is 10.8. The van der Waals surface area contributed by atoms with Crippen LogP contribution in [0.1, 0.15) is 31.9 Å². The highest BCUT2D eigenvalue weighted by molar-refractivity contribution is 5.92. The second kappa shape index (κ2) is 5.50. The number of hydrogen-bond donors (Lipinski definition) is 2. The fraction of sp³-hybridized carbons (Fsp3) is 0.500. The Balaban J connectivity index is 2.00. The molecule has 1 saturated heterocycles. The summed E-state index contributed by atoms with van der Waals surface area (Å²) in [5.74, 6) is -0.0138. The quantitative estimate of drug-likeness (QED) is 0.860. The number of hydrogen-bond acceptors (Lipinski definition) is 3. The molecule has 0 aromatic heterocycles. The Morgan fingerprint density at radius 1 is 1.56 bits per heavy atom. The molecule has 1 aromatic rings. The molecule has 4 heteroatoms. The molecule has 2 rings (SSSR count). The van der Waals surface area contributed by atoms with Crippen molar-refractivity contribution in [2.75, 3.05) is 11.9 Å². The molecular formula is C14H20N2O2. The summed E-state index contributed by atoms with van der Waals surface area (Å²) in [6, 6.07) is 7.63. The van der Waals surface area contributed by atoms with Crippen LogP contribution >= 0.6 is 0 Å². The Kier molecular flexibility index (Phi) is 3.99. The van der Waals surface area contributed by atoms with Gasteiger partial charge < -0.3 is 15.8 Å². The number of carbonyl (C=O) groups is 1. The maximum atomic E-state index is 12.0. The summed E-state index contributed by atoms with van der Waals surface area (Å²) in [5, 5.41) is 2.93. The van der Waals surface area contributed by atoms with Gasteiger partial charge in [-0.2, -0.15) is 0 Å². The predicted molar refractivity (Wildman–Crippen MR) is 71.2 cm³/mol. The Hall–Kier alpha value is -1.39. The Morgan fingerprint density at radius 2 is 2.33 bits per heavy atom. The van der Waals surface area contributed by atoms with Crippen LogP contribution in [0.2, 0.25) is 0 Å². The lowest BCUT2D eigenvalue weighted by atomic mass is 10.0. The second-order valence-corrected chi connectivity index (χ2v) is 4.98. The summed E-state index contributed by atoms with van der Waals surface area (Å²) in [6.07, 6.45) is 0.967. The highest BCUT2D eigenvalue weighted by Crippen LogP contribution is 2.22. The largest absolute Gasteiger partial charge is 0.378 e. The molecule has 0 saturated carbocycles. The molecule has 1 aromatic carbocycles. The molecule has 0 spiro atoms. The zero-order valence-corrected chi connectivity index (χ0v) is 10.8. The van der Waals surface area contributed by atoms with Crippen LogP contribution in [0.3, 0.4) is 0 Å². The van der Waals surface area contributed by atoms with E-state index < -0.39 is 0 Å². The van der Waals surface area contributed by atoms with E-state index in [1.165, 1.54) is 0 Å². The molecule has 98 valence electrons. The van der Waals surface area contributed by atoms with Gasteiger partial charge >= 0.3 is 0 Å². The van der Waals surface area contributed by atoms with Gasteiger partial charge in [-0.05, 0) is 38.0 Å². The lowest BCUT2D eigenvalue weighted by Crippen LogP contribution is -2.23. The molecule has 4 nitrogen and oxygen atoms in total. The van der Waals surface area contributed by atoms with Crippen LogP contribution in [0.5, 0.6) is 0 Å². The van der Waals surface area contributed by atoms with E-state index in [-0.39, 0.29) is 24.0 Å². The van der Waals surface area contributed by atoms with Gasteiger partial charge in [-0.15, -0.1) is 0 Å². The van der Waals surface area contributed by atoms with Crippen LogP contribution in [0.25, 0.3) is 0 Å². The van der Waals surface area contributed by atoms with Crippen molar-refractivity contribution in [2.24, 2.45) is 11.7 Å². The maximum Gasteiger partial charge on any atom is 0.229 e. The first kappa shape index (κ1) is 13.1. The summed E-state index contributed by atoms with van der Waals surface area (Å²) in [6.45, 7) is 4.43. The number of nitrogens with two attached hydrogens (primary N) is 1. The SMILES string of the molecule is CC1CC(C(=O)Nc2cccc(C(C)N)c2)CO1. The fourth-order valence-electron chi connectivity index (χ4n) is 2.14. The molecule has 1 aliphatic heterocycles. The Labute approximate surface area is 108 Å². The first-order chi connectivity index (χ1) is 8.56. The van der Waals surface area contributed by atoms with Crippen molar-refractivity contribution in [2.45, 2.75) is 32.4 Å². The second-order valence-electron chi connectivity index (χ2n) is 4.98. The van der Waals surface area contributed by atoms with E-state index in [4.69, 9.17) is 10.5 Å². The fourth-order valence-corrected chi connectivity index (χ4v) is 2.14. The van der Waals surface area contributed by atoms with E-state index >= 15 is 0 Å². The smallest absolute Gasteiger partial charge is 0.229 e. The van der Waals surface area contributed by atoms with Gasteiger partial charge in [0.25, 0.3) is 0 Å². The number of ether oxygens (including phenoxy) is 1. The van der Waals surface area contributed by atoms with E-state index in [0.29, 0.717) is 6.61 Å². The van der Waals surface area contributed by atoms with Gasteiger partial charge in [-0.25, -0.2) is 0 Å². The Morgan fingerprint density at radius 3 is 2.94 bits per heavy atom. The lowest BCUT2D eigenvalue weighted by Gasteiger charge is -2.12. The molecular weight excluding hydrogens is 228 g/mol. The highest BCUT2D eigenvalue weighted by Gasteiger charge is 2.28. The molecule has 0 aliphatic carbocycles. The topological polar surface area (TPSA) is 64.4 Å². The maximum absolute atomic E-state index is 12.0. The molecule has 0 radical (unpaired) electrons. The van der Waals surface area contributed by atoms with Crippen molar-refractivity contribution in [1.82, 2.24) is 0 Å². The van der Waals surface area contributed by atoms with Crippen LogP contribution in [-0.2, 0) is 9.53 Å². The number of rotatable bonds is 3. The van der Waals surface area contributed by atoms with Crippen molar-refractivity contribution in [3.63, 3.8) is 0 Å². The van der Waals surface area contributed by atoms with E-state index in [1.54, 1.807) is 0 Å². The van der Waals surface area contributed by atoms with Gasteiger partial charge in [0.15, 0.2) is 0 Å². The van der Waals surface area contributed by atoms with Gasteiger partial charge in [0.2, 0.25) is 5.91 Å². The lowest BCUT2D eigenvalue weighted by molar-refractivity contribution is -0.119. The van der Waals surface area contributed by atoms with Gasteiger partial charge in [0.05, 0.1) is 18.6 Å². The van der Waals surface area contributed by atoms with E-state index in [2.05, 4.69) is 5.32 Å². The van der Waals surface area contributed by atoms with Crippen LogP contribution in [0.15, 0.2) is 24.3 Å². The summed E-state index contributed by atoms with van der Waals surface area (Å²) in [5.41, 5.74) is 7.64. The van der Waals surface area contributed by atoms with Crippen molar-refractivity contribution < 1.29 is 9.53 Å². The molecule has 0 bridgehead atoms. The molecule has 1 aliphatic rings. The third-order valence-corrected chi connectivity index (χ3v) is 3.25. The van der Waals surface area contributed by atoms with E-state index in [0.717, 1.165) is 17.7 Å². The average Bonchev–Trinajstić information content (AvgIpc) is 2.76.